The Morgan fingerprint density at radius 2 is 2.29 bits per heavy atom. The first-order chi connectivity index (χ1) is 8.36. The molecule has 1 aliphatic heterocycles. The molecule has 0 amide bonds. The lowest BCUT2D eigenvalue weighted by molar-refractivity contribution is 0.570. The van der Waals surface area contributed by atoms with Gasteiger partial charge in [-0.1, -0.05) is 6.92 Å². The summed E-state index contributed by atoms with van der Waals surface area (Å²) in [4.78, 5) is 7.06. The Morgan fingerprint density at radius 3 is 3.00 bits per heavy atom. The van der Waals surface area contributed by atoms with E-state index in [0.29, 0.717) is 6.04 Å². The van der Waals surface area contributed by atoms with Crippen molar-refractivity contribution in [2.24, 2.45) is 0 Å². The predicted octanol–water partition coefficient (Wildman–Crippen LogP) is 1.82. The second-order valence-corrected chi connectivity index (χ2v) is 5.75. The first-order valence-electron chi connectivity index (χ1n) is 6.69. The molecule has 1 atom stereocenters. The molecule has 1 aliphatic carbocycles. The molecule has 2 fully saturated rings. The molecule has 1 N–H and O–H groups in total. The van der Waals surface area contributed by atoms with Gasteiger partial charge < -0.3 is 10.2 Å². The van der Waals surface area contributed by atoms with Gasteiger partial charge in [0.25, 0.3) is 0 Å². The molecule has 1 saturated carbocycles. The largest absolute Gasteiger partial charge is 0.343 e. The molecule has 17 heavy (non-hydrogen) atoms. The second-order valence-electron chi connectivity index (χ2n) is 5.02. The number of hydrogen-bond acceptors (Lipinski definition) is 5. The minimum Gasteiger partial charge on any atom is -0.343 e. The van der Waals surface area contributed by atoms with E-state index < -0.39 is 0 Å². The summed E-state index contributed by atoms with van der Waals surface area (Å²) in [5.41, 5.74) is 0. The van der Waals surface area contributed by atoms with Gasteiger partial charge in [-0.3, -0.25) is 0 Å². The smallest absolute Gasteiger partial charge is 0.205 e. The van der Waals surface area contributed by atoms with Crippen LogP contribution in [0, 0.1) is 0 Å². The molecular weight excluding hydrogens is 232 g/mol. The third-order valence-corrected chi connectivity index (χ3v) is 4.41. The number of aryl methyl sites for hydroxylation is 1. The van der Waals surface area contributed by atoms with Crippen molar-refractivity contribution in [3.05, 3.63) is 5.82 Å². The van der Waals surface area contributed by atoms with Crippen molar-refractivity contribution in [1.82, 2.24) is 14.7 Å². The second kappa shape index (κ2) is 4.90. The summed E-state index contributed by atoms with van der Waals surface area (Å²) in [6.45, 7) is 4.38. The van der Waals surface area contributed by atoms with Crippen LogP contribution in [0.5, 0.6) is 0 Å². The Morgan fingerprint density at radius 1 is 1.41 bits per heavy atom. The maximum atomic E-state index is 4.61. The summed E-state index contributed by atoms with van der Waals surface area (Å²) < 4.78 is 4.39. The van der Waals surface area contributed by atoms with E-state index in [1.807, 2.05) is 0 Å². The Hall–Kier alpha value is -0.680. The van der Waals surface area contributed by atoms with Gasteiger partial charge in [0.15, 0.2) is 0 Å². The molecule has 1 aromatic heterocycles. The maximum absolute atomic E-state index is 4.61. The predicted molar refractivity (Wildman–Crippen MR) is 70.7 cm³/mol. The fraction of sp³-hybridized carbons (Fsp3) is 0.833. The van der Waals surface area contributed by atoms with Crippen molar-refractivity contribution in [3.63, 3.8) is 0 Å². The summed E-state index contributed by atoms with van der Waals surface area (Å²) in [6.07, 6.45) is 6.26. The van der Waals surface area contributed by atoms with Crippen LogP contribution < -0.4 is 10.2 Å². The summed E-state index contributed by atoms with van der Waals surface area (Å²) in [6, 6.07) is 1.44. The molecule has 2 heterocycles. The minimum atomic E-state index is 0.633. The monoisotopic (exact) mass is 252 g/mol. The van der Waals surface area contributed by atoms with Crippen LogP contribution in [0.25, 0.3) is 0 Å². The van der Waals surface area contributed by atoms with E-state index in [-0.39, 0.29) is 0 Å². The average Bonchev–Trinajstić information content (AvgIpc) is 2.89. The molecule has 0 bridgehead atoms. The van der Waals surface area contributed by atoms with Gasteiger partial charge in [0, 0.05) is 43.1 Å². The molecular formula is C12H20N4S. The Balaban J connectivity index is 1.63. The SMILES string of the molecule is CCc1nsc(N2CCCC2CNC2CC2)n1. The lowest BCUT2D eigenvalue weighted by Gasteiger charge is -2.23. The molecule has 1 saturated heterocycles. The maximum Gasteiger partial charge on any atom is 0.205 e. The lowest BCUT2D eigenvalue weighted by Crippen LogP contribution is -2.38. The van der Waals surface area contributed by atoms with E-state index in [4.69, 9.17) is 0 Å². The van der Waals surface area contributed by atoms with E-state index in [1.165, 1.54) is 25.7 Å². The third kappa shape index (κ3) is 2.60. The van der Waals surface area contributed by atoms with Crippen LogP contribution in [0.1, 0.15) is 38.4 Å². The van der Waals surface area contributed by atoms with E-state index in [0.717, 1.165) is 36.5 Å². The molecule has 94 valence electrons. The number of nitrogens with zero attached hydrogens (tertiary/aromatic N) is 3. The summed E-state index contributed by atoms with van der Waals surface area (Å²) in [5, 5.41) is 4.76. The zero-order valence-electron chi connectivity index (χ0n) is 10.4. The number of rotatable bonds is 5. The van der Waals surface area contributed by atoms with Crippen molar-refractivity contribution in [2.45, 2.75) is 51.1 Å². The molecule has 1 aromatic rings. The van der Waals surface area contributed by atoms with Crippen molar-refractivity contribution < 1.29 is 0 Å². The summed E-state index contributed by atoms with van der Waals surface area (Å²) in [5.74, 6) is 0.991. The Labute approximate surface area is 107 Å². The van der Waals surface area contributed by atoms with Crippen LogP contribution in [0.15, 0.2) is 0 Å². The van der Waals surface area contributed by atoms with Gasteiger partial charge >= 0.3 is 0 Å². The van der Waals surface area contributed by atoms with E-state index in [1.54, 1.807) is 11.5 Å². The van der Waals surface area contributed by atoms with E-state index >= 15 is 0 Å². The fourth-order valence-corrected chi connectivity index (χ4v) is 3.24. The van der Waals surface area contributed by atoms with Crippen LogP contribution in [0.2, 0.25) is 0 Å². The van der Waals surface area contributed by atoms with Crippen molar-refractivity contribution >= 4 is 16.7 Å². The van der Waals surface area contributed by atoms with Crippen LogP contribution >= 0.6 is 11.5 Å². The average molecular weight is 252 g/mol. The van der Waals surface area contributed by atoms with Gasteiger partial charge in [-0.25, -0.2) is 4.98 Å². The molecule has 0 spiro atoms. The number of nitrogens with one attached hydrogen (secondary N) is 1. The molecule has 4 nitrogen and oxygen atoms in total. The van der Waals surface area contributed by atoms with Gasteiger partial charge in [0.2, 0.25) is 5.13 Å². The Bertz CT molecular complexity index is 374. The van der Waals surface area contributed by atoms with E-state index in [2.05, 4.69) is 26.5 Å². The zero-order valence-corrected chi connectivity index (χ0v) is 11.2. The van der Waals surface area contributed by atoms with Crippen LogP contribution in [-0.2, 0) is 6.42 Å². The third-order valence-electron chi connectivity index (χ3n) is 3.62. The molecule has 3 rings (SSSR count). The van der Waals surface area contributed by atoms with E-state index in [9.17, 15) is 0 Å². The minimum absolute atomic E-state index is 0.633. The summed E-state index contributed by atoms with van der Waals surface area (Å²) in [7, 11) is 0. The van der Waals surface area contributed by atoms with Crippen LogP contribution in [0.3, 0.4) is 0 Å². The van der Waals surface area contributed by atoms with Gasteiger partial charge in [-0.15, -0.1) is 0 Å². The van der Waals surface area contributed by atoms with Gasteiger partial charge in [0.1, 0.15) is 5.82 Å². The van der Waals surface area contributed by atoms with Gasteiger partial charge in [-0.2, -0.15) is 4.37 Å². The number of anilines is 1. The van der Waals surface area contributed by atoms with Crippen molar-refractivity contribution in [2.75, 3.05) is 18.0 Å². The highest BCUT2D eigenvalue weighted by Crippen LogP contribution is 2.27. The molecule has 1 unspecified atom stereocenters. The molecule has 0 aromatic carbocycles. The van der Waals surface area contributed by atoms with Crippen LogP contribution in [-0.4, -0.2) is 34.5 Å². The molecule has 2 aliphatic rings. The highest BCUT2D eigenvalue weighted by molar-refractivity contribution is 7.09. The van der Waals surface area contributed by atoms with Crippen molar-refractivity contribution in [1.29, 1.82) is 0 Å². The number of hydrogen-bond donors (Lipinski definition) is 1. The summed E-state index contributed by atoms with van der Waals surface area (Å²) >= 11 is 1.56. The highest BCUT2D eigenvalue weighted by atomic mass is 32.1. The van der Waals surface area contributed by atoms with Crippen LogP contribution in [0.4, 0.5) is 5.13 Å². The standard InChI is InChI=1S/C12H20N4S/c1-2-11-14-12(17-15-11)16-7-3-4-10(16)8-13-9-5-6-9/h9-10,13H,2-8H2,1H3. The normalized spacial score (nSPS) is 24.5. The molecule has 5 heteroatoms. The number of aromatic nitrogens is 2. The van der Waals surface area contributed by atoms with Gasteiger partial charge in [-0.05, 0) is 25.7 Å². The lowest BCUT2D eigenvalue weighted by atomic mass is 10.2. The first kappa shape index (κ1) is 11.4. The zero-order chi connectivity index (χ0) is 11.7. The van der Waals surface area contributed by atoms with Crippen molar-refractivity contribution in [3.8, 4) is 0 Å². The quantitative estimate of drug-likeness (QED) is 0.868. The highest BCUT2D eigenvalue weighted by Gasteiger charge is 2.29. The Kier molecular flexibility index (Phi) is 3.29. The van der Waals surface area contributed by atoms with Gasteiger partial charge in [0.05, 0.1) is 0 Å². The molecule has 0 radical (unpaired) electrons. The first-order valence-corrected chi connectivity index (χ1v) is 7.46. The topological polar surface area (TPSA) is 41.1 Å². The fourth-order valence-electron chi connectivity index (χ4n) is 2.39.